The molecule has 0 unspecified atom stereocenters. The van der Waals surface area contributed by atoms with Gasteiger partial charge in [0.15, 0.2) is 0 Å². The molecule has 1 saturated carbocycles. The molecule has 0 aliphatic heterocycles. The Hall–Kier alpha value is -0.530. The maximum Gasteiger partial charge on any atom is 0.0439 e. The molecule has 1 aliphatic rings. The van der Waals surface area contributed by atoms with E-state index in [0.717, 1.165) is 11.4 Å². The van der Waals surface area contributed by atoms with E-state index < -0.39 is 0 Å². The molecule has 0 amide bonds. The van der Waals surface area contributed by atoms with Crippen LogP contribution >= 0.6 is 11.6 Å². The Kier molecular flexibility index (Phi) is 1.67. The molecule has 0 heterocycles. The van der Waals surface area contributed by atoms with E-state index in [-0.39, 0.29) is 5.54 Å². The lowest BCUT2D eigenvalue weighted by Gasteiger charge is -2.09. The van der Waals surface area contributed by atoms with Crippen LogP contribution in [0, 0.1) is 5.92 Å². The molecular formula is C10H12ClN. The first-order valence-corrected chi connectivity index (χ1v) is 4.55. The Bertz CT molecular complexity index is 293. The molecule has 2 atom stereocenters. The second kappa shape index (κ2) is 2.48. The fourth-order valence-electron chi connectivity index (χ4n) is 1.61. The van der Waals surface area contributed by atoms with Crippen LogP contribution in [-0.2, 0) is 5.54 Å². The van der Waals surface area contributed by atoms with Crippen molar-refractivity contribution in [3.05, 3.63) is 34.9 Å². The van der Waals surface area contributed by atoms with Crippen LogP contribution in [0.2, 0.25) is 5.02 Å². The molecule has 64 valence electrons. The van der Waals surface area contributed by atoms with Gasteiger partial charge in [-0.05, 0) is 30.0 Å². The van der Waals surface area contributed by atoms with Crippen LogP contribution in [0.4, 0.5) is 0 Å². The fraction of sp³-hybridized carbons (Fsp3) is 0.400. The zero-order valence-electron chi connectivity index (χ0n) is 7.05. The predicted octanol–water partition coefficient (Wildman–Crippen LogP) is 2.53. The van der Waals surface area contributed by atoms with Crippen LogP contribution in [0.25, 0.3) is 0 Å². The summed E-state index contributed by atoms with van der Waals surface area (Å²) in [5.74, 6) is 0.610. The SMILES string of the molecule is C[C@H]1C[C@]1(N)c1ccc(Cl)cc1. The number of hydrogen-bond donors (Lipinski definition) is 1. The molecule has 2 N–H and O–H groups in total. The van der Waals surface area contributed by atoms with E-state index in [1.54, 1.807) is 0 Å². The lowest BCUT2D eigenvalue weighted by Crippen LogP contribution is -2.21. The van der Waals surface area contributed by atoms with Gasteiger partial charge in [0.1, 0.15) is 0 Å². The lowest BCUT2D eigenvalue weighted by molar-refractivity contribution is 0.665. The maximum atomic E-state index is 6.12. The van der Waals surface area contributed by atoms with E-state index in [2.05, 4.69) is 6.92 Å². The Labute approximate surface area is 77.5 Å². The lowest BCUT2D eigenvalue weighted by atomic mass is 10.0. The molecule has 1 aromatic rings. The van der Waals surface area contributed by atoms with Gasteiger partial charge in [-0.3, -0.25) is 0 Å². The first kappa shape index (κ1) is 8.09. The third-order valence-corrected chi connectivity index (χ3v) is 3.00. The van der Waals surface area contributed by atoms with Crippen molar-refractivity contribution in [3.63, 3.8) is 0 Å². The number of benzene rings is 1. The summed E-state index contributed by atoms with van der Waals surface area (Å²) < 4.78 is 0. The van der Waals surface area contributed by atoms with Gasteiger partial charge in [-0.15, -0.1) is 0 Å². The van der Waals surface area contributed by atoms with Gasteiger partial charge in [0.05, 0.1) is 0 Å². The molecule has 0 bridgehead atoms. The molecular weight excluding hydrogens is 170 g/mol. The number of nitrogens with two attached hydrogens (primary N) is 1. The van der Waals surface area contributed by atoms with Gasteiger partial charge in [-0.1, -0.05) is 30.7 Å². The minimum Gasteiger partial charge on any atom is -0.321 e. The highest BCUT2D eigenvalue weighted by Gasteiger charge is 2.48. The van der Waals surface area contributed by atoms with E-state index in [4.69, 9.17) is 17.3 Å². The van der Waals surface area contributed by atoms with Gasteiger partial charge in [-0.25, -0.2) is 0 Å². The zero-order chi connectivity index (χ0) is 8.77. The van der Waals surface area contributed by atoms with Crippen molar-refractivity contribution >= 4 is 11.6 Å². The largest absolute Gasteiger partial charge is 0.321 e. The van der Waals surface area contributed by atoms with Crippen molar-refractivity contribution in [1.29, 1.82) is 0 Å². The second-order valence-electron chi connectivity index (χ2n) is 3.65. The molecule has 1 aliphatic carbocycles. The summed E-state index contributed by atoms with van der Waals surface area (Å²) in [6, 6.07) is 7.84. The Balaban J connectivity index is 2.31. The van der Waals surface area contributed by atoms with Gasteiger partial charge in [0, 0.05) is 10.6 Å². The Morgan fingerprint density at radius 2 is 1.92 bits per heavy atom. The minimum atomic E-state index is -0.0649. The third kappa shape index (κ3) is 1.13. The van der Waals surface area contributed by atoms with Crippen molar-refractivity contribution in [2.45, 2.75) is 18.9 Å². The standard InChI is InChI=1S/C10H12ClN/c1-7-6-10(7,12)8-2-4-9(11)5-3-8/h2-5,7H,6,12H2,1H3/t7-,10+/m0/s1. The summed E-state index contributed by atoms with van der Waals surface area (Å²) in [7, 11) is 0. The minimum absolute atomic E-state index is 0.0649. The van der Waals surface area contributed by atoms with Gasteiger partial charge in [-0.2, -0.15) is 0 Å². The molecule has 2 rings (SSSR count). The molecule has 2 heteroatoms. The van der Waals surface area contributed by atoms with Crippen LogP contribution in [0.5, 0.6) is 0 Å². The topological polar surface area (TPSA) is 26.0 Å². The summed E-state index contributed by atoms with van der Waals surface area (Å²) in [6.45, 7) is 2.18. The highest BCUT2D eigenvalue weighted by Crippen LogP contribution is 2.49. The van der Waals surface area contributed by atoms with Crippen molar-refractivity contribution < 1.29 is 0 Å². The average molecular weight is 182 g/mol. The maximum absolute atomic E-state index is 6.12. The third-order valence-electron chi connectivity index (χ3n) is 2.74. The first-order chi connectivity index (χ1) is 5.63. The summed E-state index contributed by atoms with van der Waals surface area (Å²) in [5, 5.41) is 0.774. The van der Waals surface area contributed by atoms with Gasteiger partial charge in [0.2, 0.25) is 0 Å². The molecule has 0 saturated heterocycles. The molecule has 0 aromatic heterocycles. The van der Waals surface area contributed by atoms with Crippen LogP contribution in [0.1, 0.15) is 18.9 Å². The molecule has 1 fully saturated rings. The molecule has 12 heavy (non-hydrogen) atoms. The van der Waals surface area contributed by atoms with Crippen LogP contribution < -0.4 is 5.73 Å². The summed E-state index contributed by atoms with van der Waals surface area (Å²) in [4.78, 5) is 0. The van der Waals surface area contributed by atoms with Gasteiger partial charge in [0.25, 0.3) is 0 Å². The van der Waals surface area contributed by atoms with Gasteiger partial charge < -0.3 is 5.73 Å². The van der Waals surface area contributed by atoms with Crippen molar-refractivity contribution in [2.24, 2.45) is 11.7 Å². The quantitative estimate of drug-likeness (QED) is 0.708. The smallest absolute Gasteiger partial charge is 0.0439 e. The van der Waals surface area contributed by atoms with E-state index in [0.29, 0.717) is 5.92 Å². The number of rotatable bonds is 1. The number of halogens is 1. The Morgan fingerprint density at radius 3 is 2.33 bits per heavy atom. The van der Waals surface area contributed by atoms with Gasteiger partial charge >= 0.3 is 0 Å². The second-order valence-corrected chi connectivity index (χ2v) is 4.09. The predicted molar refractivity (Wildman–Crippen MR) is 51.1 cm³/mol. The normalized spacial score (nSPS) is 33.4. The van der Waals surface area contributed by atoms with Crippen molar-refractivity contribution in [3.8, 4) is 0 Å². The fourth-order valence-corrected chi connectivity index (χ4v) is 1.74. The van der Waals surface area contributed by atoms with E-state index in [1.165, 1.54) is 5.56 Å². The summed E-state index contributed by atoms with van der Waals surface area (Å²) >= 11 is 5.78. The Morgan fingerprint density at radius 1 is 1.42 bits per heavy atom. The number of hydrogen-bond acceptors (Lipinski definition) is 1. The summed E-state index contributed by atoms with van der Waals surface area (Å²) in [6.07, 6.45) is 1.09. The monoisotopic (exact) mass is 181 g/mol. The van der Waals surface area contributed by atoms with Crippen LogP contribution in [0.3, 0.4) is 0 Å². The average Bonchev–Trinajstić information content (AvgIpc) is 2.62. The first-order valence-electron chi connectivity index (χ1n) is 4.18. The van der Waals surface area contributed by atoms with Crippen molar-refractivity contribution in [1.82, 2.24) is 0 Å². The zero-order valence-corrected chi connectivity index (χ0v) is 7.81. The molecule has 0 spiro atoms. The highest BCUT2D eigenvalue weighted by atomic mass is 35.5. The highest BCUT2D eigenvalue weighted by molar-refractivity contribution is 6.30. The summed E-state index contributed by atoms with van der Waals surface area (Å²) in [5.41, 5.74) is 7.26. The van der Waals surface area contributed by atoms with E-state index in [1.807, 2.05) is 24.3 Å². The van der Waals surface area contributed by atoms with E-state index >= 15 is 0 Å². The van der Waals surface area contributed by atoms with E-state index in [9.17, 15) is 0 Å². The van der Waals surface area contributed by atoms with Crippen molar-refractivity contribution in [2.75, 3.05) is 0 Å². The molecule has 1 aromatic carbocycles. The van der Waals surface area contributed by atoms with Crippen LogP contribution in [-0.4, -0.2) is 0 Å². The molecule has 0 radical (unpaired) electrons. The molecule has 1 nitrogen and oxygen atoms in total. The van der Waals surface area contributed by atoms with Crippen LogP contribution in [0.15, 0.2) is 24.3 Å².